The van der Waals surface area contributed by atoms with E-state index in [1.807, 2.05) is 12.1 Å². The maximum absolute atomic E-state index is 11.6. The Bertz CT molecular complexity index is 1040. The lowest BCUT2D eigenvalue weighted by atomic mass is 10.1. The van der Waals surface area contributed by atoms with Gasteiger partial charge in [0, 0.05) is 12.8 Å². The Labute approximate surface area is 154 Å². The summed E-state index contributed by atoms with van der Waals surface area (Å²) < 4.78 is 23.2. The highest BCUT2D eigenvalue weighted by Crippen LogP contribution is 2.33. The fourth-order valence-electron chi connectivity index (χ4n) is 3.75. The summed E-state index contributed by atoms with van der Waals surface area (Å²) in [5.41, 5.74) is 4.44. The quantitative estimate of drug-likeness (QED) is 0.763. The number of hydrogen-bond acceptors (Lipinski definition) is 4. The van der Waals surface area contributed by atoms with E-state index in [0.29, 0.717) is 4.90 Å². The maximum atomic E-state index is 11.6. The molecular weight excluding hydrogens is 346 g/mol. The Kier molecular flexibility index (Phi) is 4.32. The number of hydrogen-bond donors (Lipinski definition) is 1. The van der Waals surface area contributed by atoms with Crippen LogP contribution in [0.3, 0.4) is 0 Å². The van der Waals surface area contributed by atoms with E-state index in [9.17, 15) is 8.42 Å². The van der Waals surface area contributed by atoms with Gasteiger partial charge < -0.3 is 4.98 Å². The largest absolute Gasteiger partial charge is 0.341 e. The second-order valence-corrected chi connectivity index (χ2v) is 9.15. The lowest BCUT2D eigenvalue weighted by Crippen LogP contribution is -2.23. The summed E-state index contributed by atoms with van der Waals surface area (Å²) in [5.74, 6) is 1.03. The van der Waals surface area contributed by atoms with Crippen molar-refractivity contribution in [2.75, 3.05) is 12.8 Å². The minimum absolute atomic E-state index is 0.274. The lowest BCUT2D eigenvalue weighted by Gasteiger charge is -2.23. The van der Waals surface area contributed by atoms with Gasteiger partial charge in [0.1, 0.15) is 5.82 Å². The van der Waals surface area contributed by atoms with E-state index in [1.54, 1.807) is 12.1 Å². The van der Waals surface area contributed by atoms with Crippen molar-refractivity contribution in [2.24, 2.45) is 0 Å². The molecule has 0 radical (unpaired) electrons. The minimum atomic E-state index is -3.15. The summed E-state index contributed by atoms with van der Waals surface area (Å²) in [5, 5.41) is 0. The number of likely N-dealkylation sites (tertiary alicyclic amines) is 1. The SMILES string of the molecule is Cc1cccc2[nH]c([C@@H]3CCCN3Cc3ccc(S(C)(=O)=O)cc3)nc12. The van der Waals surface area contributed by atoms with Crippen molar-refractivity contribution in [2.45, 2.75) is 37.2 Å². The van der Waals surface area contributed by atoms with Gasteiger partial charge in [-0.15, -0.1) is 0 Å². The molecule has 0 aliphatic carbocycles. The van der Waals surface area contributed by atoms with Crippen molar-refractivity contribution in [1.82, 2.24) is 14.9 Å². The molecule has 1 aliphatic rings. The molecule has 3 aromatic rings. The molecule has 4 rings (SSSR count). The van der Waals surface area contributed by atoms with E-state index in [-0.39, 0.29) is 6.04 Å². The highest BCUT2D eigenvalue weighted by Gasteiger charge is 2.28. The number of nitrogens with zero attached hydrogens (tertiary/aromatic N) is 2. The van der Waals surface area contributed by atoms with Crippen molar-refractivity contribution in [3.8, 4) is 0 Å². The number of rotatable bonds is 4. The zero-order valence-corrected chi connectivity index (χ0v) is 15.9. The van der Waals surface area contributed by atoms with Gasteiger partial charge in [-0.25, -0.2) is 13.4 Å². The Balaban J connectivity index is 1.57. The average Bonchev–Trinajstić information content (AvgIpc) is 3.21. The molecule has 0 spiro atoms. The first-order valence-electron chi connectivity index (χ1n) is 8.90. The van der Waals surface area contributed by atoms with Crippen molar-refractivity contribution in [3.05, 3.63) is 59.4 Å². The highest BCUT2D eigenvalue weighted by molar-refractivity contribution is 7.90. The fraction of sp³-hybridized carbons (Fsp3) is 0.350. The van der Waals surface area contributed by atoms with Gasteiger partial charge in [-0.05, 0) is 55.6 Å². The van der Waals surface area contributed by atoms with Crippen LogP contribution in [-0.4, -0.2) is 36.1 Å². The molecular formula is C20H23N3O2S. The lowest BCUT2D eigenvalue weighted by molar-refractivity contribution is 0.241. The Hall–Kier alpha value is -2.18. The molecule has 1 fully saturated rings. The van der Waals surface area contributed by atoms with E-state index < -0.39 is 9.84 Å². The number of fused-ring (bicyclic) bond motifs is 1. The molecule has 0 amide bonds. The Morgan fingerprint density at radius 2 is 1.96 bits per heavy atom. The molecule has 0 bridgehead atoms. The summed E-state index contributed by atoms with van der Waals surface area (Å²) in [4.78, 5) is 11.1. The van der Waals surface area contributed by atoms with Crippen LogP contribution in [0.4, 0.5) is 0 Å². The highest BCUT2D eigenvalue weighted by atomic mass is 32.2. The number of aromatic amines is 1. The van der Waals surface area contributed by atoms with Crippen LogP contribution in [0.25, 0.3) is 11.0 Å². The third-order valence-corrected chi connectivity index (χ3v) is 6.28. The molecule has 1 N–H and O–H groups in total. The molecule has 1 saturated heterocycles. The van der Waals surface area contributed by atoms with Crippen LogP contribution in [0.15, 0.2) is 47.4 Å². The van der Waals surface area contributed by atoms with Gasteiger partial charge >= 0.3 is 0 Å². The first kappa shape index (κ1) is 17.2. The molecule has 0 saturated carbocycles. The minimum Gasteiger partial charge on any atom is -0.341 e. The van der Waals surface area contributed by atoms with Crippen LogP contribution in [0.5, 0.6) is 0 Å². The third-order valence-electron chi connectivity index (χ3n) is 5.15. The third kappa shape index (κ3) is 3.27. The van der Waals surface area contributed by atoms with Crippen LogP contribution >= 0.6 is 0 Å². The number of aromatic nitrogens is 2. The van der Waals surface area contributed by atoms with Gasteiger partial charge in [0.15, 0.2) is 9.84 Å². The number of benzene rings is 2. The number of nitrogens with one attached hydrogen (secondary N) is 1. The first-order chi connectivity index (χ1) is 12.4. The summed E-state index contributed by atoms with van der Waals surface area (Å²) >= 11 is 0. The number of imidazole rings is 1. The Morgan fingerprint density at radius 1 is 1.19 bits per heavy atom. The first-order valence-corrected chi connectivity index (χ1v) is 10.8. The maximum Gasteiger partial charge on any atom is 0.175 e. The molecule has 2 heterocycles. The molecule has 1 aromatic heterocycles. The molecule has 5 nitrogen and oxygen atoms in total. The van der Waals surface area contributed by atoms with Crippen LogP contribution in [-0.2, 0) is 16.4 Å². The monoisotopic (exact) mass is 369 g/mol. The standard InChI is InChI=1S/C20H23N3O2S/c1-14-5-3-6-17-19(14)22-20(21-17)18-7-4-12-23(18)13-15-8-10-16(11-9-15)26(2,24)25/h3,5-6,8-11,18H,4,7,12-13H2,1-2H3,(H,21,22)/t18-/m0/s1. The number of para-hydroxylation sites is 1. The zero-order valence-electron chi connectivity index (χ0n) is 15.1. The van der Waals surface area contributed by atoms with Crippen molar-refractivity contribution >= 4 is 20.9 Å². The number of sulfone groups is 1. The summed E-state index contributed by atoms with van der Waals surface area (Å²) in [7, 11) is -3.15. The van der Waals surface area contributed by atoms with E-state index in [4.69, 9.17) is 4.98 Å². The van der Waals surface area contributed by atoms with Crippen molar-refractivity contribution in [3.63, 3.8) is 0 Å². The fourth-order valence-corrected chi connectivity index (χ4v) is 4.38. The molecule has 1 aliphatic heterocycles. The predicted octanol–water partition coefficient (Wildman–Crippen LogP) is 3.61. The second-order valence-electron chi connectivity index (χ2n) is 7.14. The molecule has 0 unspecified atom stereocenters. The topological polar surface area (TPSA) is 66.1 Å². The zero-order chi connectivity index (χ0) is 18.3. The van der Waals surface area contributed by atoms with Crippen LogP contribution in [0.1, 0.15) is 35.8 Å². The number of aryl methyl sites for hydroxylation is 1. The second kappa shape index (κ2) is 6.52. The number of H-pyrrole nitrogens is 1. The van der Waals surface area contributed by atoms with Crippen LogP contribution < -0.4 is 0 Å². The van der Waals surface area contributed by atoms with Gasteiger partial charge in [-0.3, -0.25) is 4.90 Å². The summed E-state index contributed by atoms with van der Waals surface area (Å²) in [6.45, 7) is 3.90. The van der Waals surface area contributed by atoms with Crippen LogP contribution in [0.2, 0.25) is 0 Å². The van der Waals surface area contributed by atoms with Gasteiger partial charge in [-0.1, -0.05) is 24.3 Å². The van der Waals surface area contributed by atoms with Crippen LogP contribution in [0, 0.1) is 6.92 Å². The summed E-state index contributed by atoms with van der Waals surface area (Å²) in [6.07, 6.45) is 3.46. The van der Waals surface area contributed by atoms with Crippen molar-refractivity contribution < 1.29 is 8.42 Å². The Morgan fingerprint density at radius 3 is 2.65 bits per heavy atom. The molecule has 2 aromatic carbocycles. The van der Waals surface area contributed by atoms with E-state index in [2.05, 4.69) is 35.0 Å². The van der Waals surface area contributed by atoms with E-state index in [1.165, 1.54) is 11.8 Å². The average molecular weight is 369 g/mol. The van der Waals surface area contributed by atoms with E-state index >= 15 is 0 Å². The molecule has 26 heavy (non-hydrogen) atoms. The van der Waals surface area contributed by atoms with E-state index in [0.717, 1.165) is 48.4 Å². The van der Waals surface area contributed by atoms with Gasteiger partial charge in [0.25, 0.3) is 0 Å². The summed E-state index contributed by atoms with van der Waals surface area (Å²) in [6, 6.07) is 13.7. The predicted molar refractivity (Wildman–Crippen MR) is 103 cm³/mol. The van der Waals surface area contributed by atoms with Gasteiger partial charge in [0.2, 0.25) is 0 Å². The van der Waals surface area contributed by atoms with Gasteiger partial charge in [0.05, 0.1) is 22.0 Å². The van der Waals surface area contributed by atoms with Gasteiger partial charge in [-0.2, -0.15) is 0 Å². The normalized spacial score (nSPS) is 18.6. The molecule has 136 valence electrons. The smallest absolute Gasteiger partial charge is 0.175 e. The van der Waals surface area contributed by atoms with Crippen molar-refractivity contribution in [1.29, 1.82) is 0 Å². The molecule has 1 atom stereocenters. The molecule has 6 heteroatoms.